The SMILES string of the molecule is O=C(CCC1CCNC1)NCC1CCN(c2ccc(Br)cc2)C1. The average Bonchev–Trinajstić information content (AvgIpc) is 3.23. The Kier molecular flexibility index (Phi) is 5.95. The molecular formula is C18H26BrN3O. The maximum absolute atomic E-state index is 12.0. The number of halogens is 1. The van der Waals surface area contributed by atoms with Crippen LogP contribution in [0, 0.1) is 11.8 Å². The fraction of sp³-hybridized carbons (Fsp3) is 0.611. The van der Waals surface area contributed by atoms with Gasteiger partial charge in [0, 0.05) is 36.2 Å². The van der Waals surface area contributed by atoms with E-state index in [-0.39, 0.29) is 5.91 Å². The van der Waals surface area contributed by atoms with E-state index in [1.807, 2.05) is 0 Å². The predicted octanol–water partition coefficient (Wildman–Crippen LogP) is 2.78. The molecule has 1 aromatic rings. The maximum Gasteiger partial charge on any atom is 0.220 e. The van der Waals surface area contributed by atoms with Gasteiger partial charge in [0.1, 0.15) is 0 Å². The molecule has 2 saturated heterocycles. The van der Waals surface area contributed by atoms with Crippen molar-refractivity contribution in [1.82, 2.24) is 10.6 Å². The smallest absolute Gasteiger partial charge is 0.220 e. The second-order valence-corrected chi connectivity index (χ2v) is 7.69. The van der Waals surface area contributed by atoms with Crippen molar-refractivity contribution in [2.75, 3.05) is 37.6 Å². The number of carbonyl (C=O) groups excluding carboxylic acids is 1. The highest BCUT2D eigenvalue weighted by molar-refractivity contribution is 9.10. The van der Waals surface area contributed by atoms with Crippen LogP contribution in [0.4, 0.5) is 5.69 Å². The predicted molar refractivity (Wildman–Crippen MR) is 97.7 cm³/mol. The van der Waals surface area contributed by atoms with Gasteiger partial charge in [0.15, 0.2) is 0 Å². The van der Waals surface area contributed by atoms with Gasteiger partial charge in [-0.15, -0.1) is 0 Å². The van der Waals surface area contributed by atoms with Crippen LogP contribution in [-0.4, -0.2) is 38.6 Å². The van der Waals surface area contributed by atoms with E-state index >= 15 is 0 Å². The Balaban J connectivity index is 1.36. The first-order valence-electron chi connectivity index (χ1n) is 8.68. The van der Waals surface area contributed by atoms with Crippen LogP contribution < -0.4 is 15.5 Å². The van der Waals surface area contributed by atoms with Gasteiger partial charge in [0.2, 0.25) is 5.91 Å². The molecule has 0 saturated carbocycles. The first kappa shape index (κ1) is 16.8. The van der Waals surface area contributed by atoms with Crippen molar-refractivity contribution in [1.29, 1.82) is 0 Å². The third-order valence-electron chi connectivity index (χ3n) is 5.01. The summed E-state index contributed by atoms with van der Waals surface area (Å²) in [6.45, 7) is 5.12. The normalized spacial score (nSPS) is 24.1. The lowest BCUT2D eigenvalue weighted by Gasteiger charge is -2.19. The highest BCUT2D eigenvalue weighted by Crippen LogP contribution is 2.25. The molecule has 23 heavy (non-hydrogen) atoms. The van der Waals surface area contributed by atoms with E-state index in [9.17, 15) is 4.79 Å². The first-order valence-corrected chi connectivity index (χ1v) is 9.48. The Morgan fingerprint density at radius 2 is 2.09 bits per heavy atom. The fourth-order valence-corrected chi connectivity index (χ4v) is 3.79. The Hall–Kier alpha value is -1.07. The Morgan fingerprint density at radius 3 is 2.83 bits per heavy atom. The zero-order chi connectivity index (χ0) is 16.1. The number of nitrogens with one attached hydrogen (secondary N) is 2. The standard InChI is InChI=1S/C18H26BrN3O/c19-16-2-4-17(5-3-16)22-10-8-15(13-22)12-21-18(23)6-1-14-7-9-20-11-14/h2-5,14-15,20H,1,6-13H2,(H,21,23). The number of amides is 1. The number of hydrogen-bond donors (Lipinski definition) is 2. The van der Waals surface area contributed by atoms with Crippen molar-refractivity contribution in [2.24, 2.45) is 11.8 Å². The molecule has 1 amide bonds. The van der Waals surface area contributed by atoms with E-state index in [2.05, 4.69) is 55.7 Å². The summed E-state index contributed by atoms with van der Waals surface area (Å²) in [5, 5.41) is 6.49. The molecule has 1 aromatic carbocycles. The number of rotatable bonds is 6. The van der Waals surface area contributed by atoms with Crippen LogP contribution in [0.25, 0.3) is 0 Å². The zero-order valence-corrected chi connectivity index (χ0v) is 15.1. The largest absolute Gasteiger partial charge is 0.371 e. The summed E-state index contributed by atoms with van der Waals surface area (Å²) in [5.74, 6) is 1.48. The van der Waals surface area contributed by atoms with Crippen LogP contribution in [-0.2, 0) is 4.79 Å². The second-order valence-electron chi connectivity index (χ2n) is 6.78. The first-order chi connectivity index (χ1) is 11.2. The van der Waals surface area contributed by atoms with Gasteiger partial charge in [-0.25, -0.2) is 0 Å². The van der Waals surface area contributed by atoms with Crippen molar-refractivity contribution in [3.63, 3.8) is 0 Å². The lowest BCUT2D eigenvalue weighted by atomic mass is 10.0. The van der Waals surface area contributed by atoms with E-state index in [0.717, 1.165) is 50.0 Å². The molecule has 0 spiro atoms. The van der Waals surface area contributed by atoms with E-state index in [4.69, 9.17) is 0 Å². The van der Waals surface area contributed by atoms with Gasteiger partial charge in [0.05, 0.1) is 0 Å². The fourth-order valence-electron chi connectivity index (χ4n) is 3.53. The minimum absolute atomic E-state index is 0.221. The molecule has 0 radical (unpaired) electrons. The quantitative estimate of drug-likeness (QED) is 0.798. The number of benzene rings is 1. The molecule has 0 bridgehead atoms. The van der Waals surface area contributed by atoms with Crippen LogP contribution in [0.1, 0.15) is 25.7 Å². The number of anilines is 1. The molecule has 2 aliphatic rings. The molecule has 4 nitrogen and oxygen atoms in total. The van der Waals surface area contributed by atoms with Gasteiger partial charge in [0.25, 0.3) is 0 Å². The van der Waals surface area contributed by atoms with E-state index in [0.29, 0.717) is 18.3 Å². The Labute approximate surface area is 147 Å². The molecule has 126 valence electrons. The number of carbonyl (C=O) groups is 1. The molecule has 2 aliphatic heterocycles. The van der Waals surface area contributed by atoms with Gasteiger partial charge < -0.3 is 15.5 Å². The molecular weight excluding hydrogens is 354 g/mol. The second kappa shape index (κ2) is 8.15. The molecule has 5 heteroatoms. The molecule has 2 atom stereocenters. The minimum Gasteiger partial charge on any atom is -0.371 e. The van der Waals surface area contributed by atoms with Crippen molar-refractivity contribution in [3.8, 4) is 0 Å². The Morgan fingerprint density at radius 1 is 1.26 bits per heavy atom. The molecule has 0 aliphatic carbocycles. The lowest BCUT2D eigenvalue weighted by molar-refractivity contribution is -0.121. The van der Waals surface area contributed by atoms with Crippen LogP contribution >= 0.6 is 15.9 Å². The van der Waals surface area contributed by atoms with Crippen molar-refractivity contribution < 1.29 is 4.79 Å². The maximum atomic E-state index is 12.0. The Bertz CT molecular complexity index is 514. The van der Waals surface area contributed by atoms with Gasteiger partial charge in [-0.3, -0.25) is 4.79 Å². The molecule has 2 fully saturated rings. The topological polar surface area (TPSA) is 44.4 Å². The summed E-state index contributed by atoms with van der Waals surface area (Å²) in [6, 6.07) is 8.48. The van der Waals surface area contributed by atoms with E-state index in [1.54, 1.807) is 0 Å². The third-order valence-corrected chi connectivity index (χ3v) is 5.54. The molecule has 2 N–H and O–H groups in total. The summed E-state index contributed by atoms with van der Waals surface area (Å²) in [6.07, 6.45) is 4.07. The van der Waals surface area contributed by atoms with Crippen molar-refractivity contribution >= 4 is 27.5 Å². The van der Waals surface area contributed by atoms with E-state index in [1.165, 1.54) is 12.1 Å². The molecule has 2 heterocycles. The van der Waals surface area contributed by atoms with E-state index < -0.39 is 0 Å². The lowest BCUT2D eigenvalue weighted by Crippen LogP contribution is -2.31. The van der Waals surface area contributed by atoms with Gasteiger partial charge in [-0.1, -0.05) is 15.9 Å². The number of hydrogen-bond acceptors (Lipinski definition) is 3. The van der Waals surface area contributed by atoms with Gasteiger partial charge in [-0.05, 0) is 68.5 Å². The summed E-state index contributed by atoms with van der Waals surface area (Å²) in [5.41, 5.74) is 1.27. The summed E-state index contributed by atoms with van der Waals surface area (Å²) >= 11 is 3.48. The highest BCUT2D eigenvalue weighted by Gasteiger charge is 2.23. The van der Waals surface area contributed by atoms with Crippen LogP contribution in [0.2, 0.25) is 0 Å². The van der Waals surface area contributed by atoms with Crippen LogP contribution in [0.15, 0.2) is 28.7 Å². The monoisotopic (exact) mass is 379 g/mol. The van der Waals surface area contributed by atoms with Gasteiger partial charge >= 0.3 is 0 Å². The third kappa shape index (κ3) is 4.95. The highest BCUT2D eigenvalue weighted by atomic mass is 79.9. The summed E-state index contributed by atoms with van der Waals surface area (Å²) in [7, 11) is 0. The average molecular weight is 380 g/mol. The molecule has 0 aromatic heterocycles. The van der Waals surface area contributed by atoms with Gasteiger partial charge in [-0.2, -0.15) is 0 Å². The van der Waals surface area contributed by atoms with Crippen molar-refractivity contribution in [3.05, 3.63) is 28.7 Å². The van der Waals surface area contributed by atoms with Crippen LogP contribution in [0.5, 0.6) is 0 Å². The van der Waals surface area contributed by atoms with Crippen molar-refractivity contribution in [2.45, 2.75) is 25.7 Å². The number of nitrogens with zero attached hydrogens (tertiary/aromatic N) is 1. The summed E-state index contributed by atoms with van der Waals surface area (Å²) in [4.78, 5) is 14.4. The molecule has 3 rings (SSSR count). The zero-order valence-electron chi connectivity index (χ0n) is 13.6. The minimum atomic E-state index is 0.221. The van der Waals surface area contributed by atoms with Crippen LogP contribution in [0.3, 0.4) is 0 Å². The molecule has 2 unspecified atom stereocenters. The summed E-state index contributed by atoms with van der Waals surface area (Å²) < 4.78 is 1.11.